The Balaban J connectivity index is 1.66. The largest absolute Gasteiger partial charge is 0.387 e. The van der Waals surface area contributed by atoms with Crippen molar-refractivity contribution in [2.45, 2.75) is 25.4 Å². The van der Waals surface area contributed by atoms with Gasteiger partial charge in [0.05, 0.1) is 6.10 Å². The molecule has 0 aromatic heterocycles. The minimum atomic E-state index is -0.382. The summed E-state index contributed by atoms with van der Waals surface area (Å²) in [6.07, 6.45) is 3.48. The molecule has 0 radical (unpaired) electrons. The highest BCUT2D eigenvalue weighted by atomic mass is 16.3. The van der Waals surface area contributed by atoms with E-state index in [-0.39, 0.29) is 6.10 Å². The molecule has 2 aromatic rings. The third-order valence-electron chi connectivity index (χ3n) is 4.28. The first-order chi connectivity index (χ1) is 10.3. The summed E-state index contributed by atoms with van der Waals surface area (Å²) in [7, 11) is 0. The lowest BCUT2D eigenvalue weighted by molar-refractivity contribution is 0.101. The molecule has 2 heteroatoms. The Labute approximate surface area is 127 Å². The van der Waals surface area contributed by atoms with Crippen LogP contribution in [0, 0.1) is 0 Å². The molecular weight excluding hydrogens is 258 g/mol. The fraction of sp³-hybridized carbons (Fsp3) is 0.368. The maximum Gasteiger partial charge on any atom is 0.0916 e. The Kier molecular flexibility index (Phi) is 4.69. The van der Waals surface area contributed by atoms with Gasteiger partial charge in [0.1, 0.15) is 0 Å². The quantitative estimate of drug-likeness (QED) is 0.919. The number of β-amino-alcohol motifs (C(OH)–C–C–N with tert-alkyl or cyclic N) is 1. The number of benzene rings is 2. The van der Waals surface area contributed by atoms with E-state index in [9.17, 15) is 5.11 Å². The van der Waals surface area contributed by atoms with Gasteiger partial charge in [-0.1, -0.05) is 61.0 Å². The molecule has 2 aromatic carbocycles. The van der Waals surface area contributed by atoms with Crippen LogP contribution in [0.25, 0.3) is 11.1 Å². The lowest BCUT2D eigenvalue weighted by Crippen LogP contribution is -2.33. The van der Waals surface area contributed by atoms with Gasteiger partial charge < -0.3 is 10.0 Å². The van der Waals surface area contributed by atoms with E-state index in [0.29, 0.717) is 0 Å². The highest BCUT2D eigenvalue weighted by Gasteiger charge is 2.15. The van der Waals surface area contributed by atoms with E-state index < -0.39 is 0 Å². The molecule has 1 heterocycles. The predicted molar refractivity (Wildman–Crippen MR) is 87.1 cm³/mol. The zero-order valence-corrected chi connectivity index (χ0v) is 12.4. The molecule has 0 amide bonds. The number of aliphatic hydroxyl groups excluding tert-OH is 1. The number of hydrogen-bond donors (Lipinski definition) is 1. The Morgan fingerprint density at radius 1 is 0.810 bits per heavy atom. The van der Waals surface area contributed by atoms with Gasteiger partial charge in [-0.3, -0.25) is 0 Å². The fourth-order valence-electron chi connectivity index (χ4n) is 3.02. The molecule has 0 aliphatic carbocycles. The molecule has 21 heavy (non-hydrogen) atoms. The summed E-state index contributed by atoms with van der Waals surface area (Å²) in [5.74, 6) is 0. The Morgan fingerprint density at radius 3 is 2.10 bits per heavy atom. The Bertz CT molecular complexity index is 544. The van der Waals surface area contributed by atoms with Gasteiger partial charge >= 0.3 is 0 Å². The van der Waals surface area contributed by atoms with E-state index in [4.69, 9.17) is 0 Å². The first-order valence-corrected chi connectivity index (χ1v) is 7.89. The molecule has 1 fully saturated rings. The molecule has 3 rings (SSSR count). The average Bonchev–Trinajstić information content (AvgIpc) is 2.57. The van der Waals surface area contributed by atoms with E-state index in [1.165, 1.54) is 30.4 Å². The van der Waals surface area contributed by atoms with Gasteiger partial charge in [0.2, 0.25) is 0 Å². The number of likely N-dealkylation sites (tertiary alicyclic amines) is 1. The summed E-state index contributed by atoms with van der Waals surface area (Å²) in [5.41, 5.74) is 3.43. The summed E-state index contributed by atoms with van der Waals surface area (Å²) in [5, 5.41) is 10.4. The van der Waals surface area contributed by atoms with Crippen molar-refractivity contribution in [2.75, 3.05) is 19.6 Å². The standard InChI is InChI=1S/C19H23NO/c21-19(15-20-13-5-2-6-14-20)18-11-9-17(10-12-18)16-7-3-1-4-8-16/h1,3-4,7-12,19,21H,2,5-6,13-15H2. The van der Waals surface area contributed by atoms with Crippen molar-refractivity contribution in [3.63, 3.8) is 0 Å². The van der Waals surface area contributed by atoms with Crippen LogP contribution in [0.2, 0.25) is 0 Å². The highest BCUT2D eigenvalue weighted by Crippen LogP contribution is 2.23. The predicted octanol–water partition coefficient (Wildman–Crippen LogP) is 3.87. The summed E-state index contributed by atoms with van der Waals surface area (Å²) in [6.45, 7) is 3.00. The van der Waals surface area contributed by atoms with E-state index in [1.807, 2.05) is 6.07 Å². The van der Waals surface area contributed by atoms with Crippen LogP contribution in [-0.2, 0) is 0 Å². The molecule has 1 N–H and O–H groups in total. The molecular formula is C19H23NO. The maximum atomic E-state index is 10.4. The Hall–Kier alpha value is -1.64. The third-order valence-corrected chi connectivity index (χ3v) is 4.28. The molecule has 2 nitrogen and oxygen atoms in total. The van der Waals surface area contributed by atoms with E-state index >= 15 is 0 Å². The van der Waals surface area contributed by atoms with Gasteiger partial charge in [-0.25, -0.2) is 0 Å². The summed E-state index contributed by atoms with van der Waals surface area (Å²) in [6, 6.07) is 18.7. The lowest BCUT2D eigenvalue weighted by Gasteiger charge is -2.28. The van der Waals surface area contributed by atoms with Crippen LogP contribution < -0.4 is 0 Å². The van der Waals surface area contributed by atoms with Crippen LogP contribution in [0.3, 0.4) is 0 Å². The zero-order chi connectivity index (χ0) is 14.5. The third kappa shape index (κ3) is 3.72. The van der Waals surface area contributed by atoms with Crippen molar-refractivity contribution in [3.05, 3.63) is 60.2 Å². The minimum absolute atomic E-state index is 0.382. The van der Waals surface area contributed by atoms with Gasteiger partial charge in [0, 0.05) is 6.54 Å². The van der Waals surface area contributed by atoms with Crippen molar-refractivity contribution in [1.82, 2.24) is 4.90 Å². The zero-order valence-electron chi connectivity index (χ0n) is 12.4. The first kappa shape index (κ1) is 14.3. The Morgan fingerprint density at radius 2 is 1.43 bits per heavy atom. The van der Waals surface area contributed by atoms with Gasteiger partial charge in [-0.15, -0.1) is 0 Å². The first-order valence-electron chi connectivity index (χ1n) is 7.89. The van der Waals surface area contributed by atoms with E-state index in [0.717, 1.165) is 25.2 Å². The van der Waals surface area contributed by atoms with Crippen molar-refractivity contribution in [3.8, 4) is 11.1 Å². The number of nitrogens with zero attached hydrogens (tertiary/aromatic N) is 1. The number of rotatable bonds is 4. The monoisotopic (exact) mass is 281 g/mol. The second-order valence-corrected chi connectivity index (χ2v) is 5.87. The fourth-order valence-corrected chi connectivity index (χ4v) is 3.02. The SMILES string of the molecule is OC(CN1CCCCC1)c1ccc(-c2ccccc2)cc1. The minimum Gasteiger partial charge on any atom is -0.387 e. The van der Waals surface area contributed by atoms with Crippen LogP contribution in [0.15, 0.2) is 54.6 Å². The topological polar surface area (TPSA) is 23.5 Å². The molecule has 1 atom stereocenters. The molecule has 0 bridgehead atoms. The van der Waals surface area contributed by atoms with Crippen LogP contribution in [0.1, 0.15) is 30.9 Å². The smallest absolute Gasteiger partial charge is 0.0916 e. The molecule has 1 saturated heterocycles. The van der Waals surface area contributed by atoms with E-state index in [2.05, 4.69) is 53.4 Å². The van der Waals surface area contributed by atoms with Crippen LogP contribution >= 0.6 is 0 Å². The van der Waals surface area contributed by atoms with Crippen molar-refractivity contribution in [1.29, 1.82) is 0 Å². The highest BCUT2D eigenvalue weighted by molar-refractivity contribution is 5.63. The van der Waals surface area contributed by atoms with Crippen LogP contribution in [0.5, 0.6) is 0 Å². The number of hydrogen-bond acceptors (Lipinski definition) is 2. The van der Waals surface area contributed by atoms with Gasteiger partial charge in [0.15, 0.2) is 0 Å². The molecule has 0 saturated carbocycles. The average molecular weight is 281 g/mol. The number of aliphatic hydroxyl groups is 1. The second-order valence-electron chi connectivity index (χ2n) is 5.87. The summed E-state index contributed by atoms with van der Waals surface area (Å²) in [4.78, 5) is 2.37. The van der Waals surface area contributed by atoms with Crippen LogP contribution in [0.4, 0.5) is 0 Å². The molecule has 0 spiro atoms. The molecule has 1 aliphatic heterocycles. The van der Waals surface area contributed by atoms with Gasteiger partial charge in [-0.2, -0.15) is 0 Å². The maximum absolute atomic E-state index is 10.4. The molecule has 1 aliphatic rings. The number of piperidine rings is 1. The van der Waals surface area contributed by atoms with Gasteiger partial charge in [0.25, 0.3) is 0 Å². The van der Waals surface area contributed by atoms with Crippen molar-refractivity contribution in [2.24, 2.45) is 0 Å². The summed E-state index contributed by atoms with van der Waals surface area (Å²) < 4.78 is 0. The van der Waals surface area contributed by atoms with Crippen molar-refractivity contribution < 1.29 is 5.11 Å². The molecule has 1 unspecified atom stereocenters. The second kappa shape index (κ2) is 6.88. The van der Waals surface area contributed by atoms with Crippen molar-refractivity contribution >= 4 is 0 Å². The van der Waals surface area contributed by atoms with Gasteiger partial charge in [-0.05, 0) is 42.6 Å². The summed E-state index contributed by atoms with van der Waals surface area (Å²) >= 11 is 0. The lowest BCUT2D eigenvalue weighted by atomic mass is 10.0. The molecule has 110 valence electrons. The van der Waals surface area contributed by atoms with Crippen LogP contribution in [-0.4, -0.2) is 29.6 Å². The normalized spacial score (nSPS) is 17.6. The van der Waals surface area contributed by atoms with E-state index in [1.54, 1.807) is 0 Å².